The van der Waals surface area contributed by atoms with Crippen LogP contribution in [0.4, 0.5) is 4.39 Å². The average molecular weight is 225 g/mol. The molecule has 0 aromatic heterocycles. The molecule has 0 saturated carbocycles. The van der Waals surface area contributed by atoms with Crippen molar-refractivity contribution in [3.63, 3.8) is 0 Å². The summed E-state index contributed by atoms with van der Waals surface area (Å²) < 4.78 is 18.4. The second kappa shape index (κ2) is 4.51. The van der Waals surface area contributed by atoms with Gasteiger partial charge in [0.1, 0.15) is 18.2 Å². The Hall–Kier alpha value is -1.58. The first-order chi connectivity index (χ1) is 7.30. The van der Waals surface area contributed by atoms with E-state index in [9.17, 15) is 14.3 Å². The maximum Gasteiger partial charge on any atom is 0.130 e. The molecule has 0 aliphatic carbocycles. The van der Waals surface area contributed by atoms with E-state index in [1.54, 1.807) is 12.1 Å². The van der Waals surface area contributed by atoms with Crippen molar-refractivity contribution in [1.82, 2.24) is 0 Å². The molecule has 1 aromatic rings. The van der Waals surface area contributed by atoms with Crippen LogP contribution < -0.4 is 9.84 Å². The minimum absolute atomic E-state index is 0.190. The van der Waals surface area contributed by atoms with E-state index in [1.807, 2.05) is 20.8 Å². The fourth-order valence-corrected chi connectivity index (χ4v) is 1.34. The monoisotopic (exact) mass is 225 g/mol. The highest BCUT2D eigenvalue weighted by molar-refractivity contribution is 5.66. The smallest absolute Gasteiger partial charge is 0.130 e. The van der Waals surface area contributed by atoms with Crippen LogP contribution in [-0.2, 0) is 10.2 Å². The first kappa shape index (κ1) is 12.5. The van der Waals surface area contributed by atoms with Crippen molar-refractivity contribution in [3.05, 3.63) is 29.6 Å². The minimum atomic E-state index is -1.33. The van der Waals surface area contributed by atoms with E-state index in [2.05, 4.69) is 0 Å². The lowest BCUT2D eigenvalue weighted by Crippen LogP contribution is -2.29. The number of carbonyl (C=O) groups is 1. The van der Waals surface area contributed by atoms with Gasteiger partial charge in [0, 0.05) is 6.07 Å². The summed E-state index contributed by atoms with van der Waals surface area (Å²) in [7, 11) is 0. The number of carboxylic acid groups (broad SMARTS) is 1. The topological polar surface area (TPSA) is 49.4 Å². The Morgan fingerprint density at radius 2 is 2.06 bits per heavy atom. The quantitative estimate of drug-likeness (QED) is 0.778. The van der Waals surface area contributed by atoms with E-state index < -0.39 is 18.4 Å². The summed E-state index contributed by atoms with van der Waals surface area (Å²) in [6, 6.07) is 4.33. The van der Waals surface area contributed by atoms with Gasteiger partial charge in [0.15, 0.2) is 0 Å². The number of hydrogen-bond donors (Lipinski definition) is 0. The molecule has 1 aromatic carbocycles. The molecule has 0 amide bonds. The summed E-state index contributed by atoms with van der Waals surface area (Å²) in [5.74, 6) is -1.54. The standard InChI is InChI=1S/C12H15FO3/c1-12(2,3)9-5-4-8(6-10(9)13)16-7-11(14)15/h4-6H,7H2,1-3H3,(H,14,15)/p-1. The first-order valence-electron chi connectivity index (χ1n) is 4.93. The summed E-state index contributed by atoms with van der Waals surface area (Å²) in [4.78, 5) is 10.2. The molecule has 0 radical (unpaired) electrons. The summed E-state index contributed by atoms with van der Waals surface area (Å²) >= 11 is 0. The van der Waals surface area contributed by atoms with Crippen LogP contribution in [0.15, 0.2) is 18.2 Å². The van der Waals surface area contributed by atoms with E-state index in [1.165, 1.54) is 6.07 Å². The van der Waals surface area contributed by atoms with Crippen LogP contribution in [0.1, 0.15) is 26.3 Å². The highest BCUT2D eigenvalue weighted by Gasteiger charge is 2.18. The third-order valence-electron chi connectivity index (χ3n) is 2.11. The van der Waals surface area contributed by atoms with Crippen molar-refractivity contribution < 1.29 is 19.0 Å². The number of benzene rings is 1. The molecular weight excluding hydrogens is 211 g/mol. The molecule has 0 aliphatic rings. The normalized spacial score (nSPS) is 11.2. The molecule has 0 aliphatic heterocycles. The Bertz CT molecular complexity index is 394. The van der Waals surface area contributed by atoms with Gasteiger partial charge < -0.3 is 14.6 Å². The summed E-state index contributed by atoms with van der Waals surface area (Å²) in [6.07, 6.45) is 0. The van der Waals surface area contributed by atoms with Gasteiger partial charge in [0.05, 0.1) is 5.97 Å². The predicted octanol–water partition coefficient (Wildman–Crippen LogP) is 1.25. The highest BCUT2D eigenvalue weighted by Crippen LogP contribution is 2.27. The fraction of sp³-hybridized carbons (Fsp3) is 0.417. The number of ether oxygens (including phenoxy) is 1. The van der Waals surface area contributed by atoms with Gasteiger partial charge in [0.2, 0.25) is 0 Å². The van der Waals surface area contributed by atoms with Gasteiger partial charge in [-0.2, -0.15) is 0 Å². The number of hydrogen-bond acceptors (Lipinski definition) is 3. The molecule has 3 nitrogen and oxygen atoms in total. The molecule has 0 bridgehead atoms. The van der Waals surface area contributed by atoms with E-state index in [4.69, 9.17) is 4.74 Å². The Balaban J connectivity index is 2.87. The molecule has 4 heteroatoms. The molecule has 0 heterocycles. The predicted molar refractivity (Wildman–Crippen MR) is 55.6 cm³/mol. The van der Waals surface area contributed by atoms with Gasteiger partial charge >= 0.3 is 0 Å². The average Bonchev–Trinajstić information content (AvgIpc) is 2.12. The van der Waals surface area contributed by atoms with Crippen LogP contribution in [0.2, 0.25) is 0 Å². The molecule has 88 valence electrons. The van der Waals surface area contributed by atoms with Crippen LogP contribution in [0, 0.1) is 5.82 Å². The number of halogens is 1. The Labute approximate surface area is 93.9 Å². The molecule has 0 atom stereocenters. The van der Waals surface area contributed by atoms with E-state index in [0.29, 0.717) is 5.56 Å². The van der Waals surface area contributed by atoms with Crippen LogP contribution in [0.3, 0.4) is 0 Å². The molecule has 0 fully saturated rings. The lowest BCUT2D eigenvalue weighted by atomic mass is 9.87. The zero-order valence-corrected chi connectivity index (χ0v) is 9.54. The second-order valence-electron chi connectivity index (χ2n) is 4.55. The Morgan fingerprint density at radius 1 is 1.44 bits per heavy atom. The van der Waals surface area contributed by atoms with Crippen molar-refractivity contribution >= 4 is 5.97 Å². The first-order valence-corrected chi connectivity index (χ1v) is 4.93. The molecule has 16 heavy (non-hydrogen) atoms. The van der Waals surface area contributed by atoms with E-state index in [0.717, 1.165) is 0 Å². The van der Waals surface area contributed by atoms with Crippen molar-refractivity contribution in [2.45, 2.75) is 26.2 Å². The van der Waals surface area contributed by atoms with E-state index in [-0.39, 0.29) is 11.2 Å². The number of aliphatic carboxylic acids is 1. The molecule has 0 saturated heterocycles. The van der Waals surface area contributed by atoms with E-state index >= 15 is 0 Å². The van der Waals surface area contributed by atoms with Crippen molar-refractivity contribution in [3.8, 4) is 5.75 Å². The van der Waals surface area contributed by atoms with Crippen molar-refractivity contribution in [1.29, 1.82) is 0 Å². The minimum Gasteiger partial charge on any atom is -0.546 e. The zero-order chi connectivity index (χ0) is 12.3. The molecule has 1 rings (SSSR count). The van der Waals surface area contributed by atoms with Gasteiger partial charge in [-0.1, -0.05) is 26.8 Å². The lowest BCUT2D eigenvalue weighted by Gasteiger charge is -2.20. The fourth-order valence-electron chi connectivity index (χ4n) is 1.34. The van der Waals surface area contributed by atoms with Crippen molar-refractivity contribution in [2.24, 2.45) is 0 Å². The van der Waals surface area contributed by atoms with Crippen LogP contribution in [-0.4, -0.2) is 12.6 Å². The van der Waals surface area contributed by atoms with Gasteiger partial charge in [-0.15, -0.1) is 0 Å². The van der Waals surface area contributed by atoms with Gasteiger partial charge in [-0.3, -0.25) is 0 Å². The third kappa shape index (κ3) is 3.22. The summed E-state index contributed by atoms with van der Waals surface area (Å²) in [5.41, 5.74) is 0.269. The maximum atomic E-state index is 13.6. The summed E-state index contributed by atoms with van der Waals surface area (Å²) in [6.45, 7) is 5.11. The molecule has 0 unspecified atom stereocenters. The van der Waals surface area contributed by atoms with Crippen molar-refractivity contribution in [2.75, 3.05) is 6.61 Å². The highest BCUT2D eigenvalue weighted by atomic mass is 19.1. The maximum absolute atomic E-state index is 13.6. The third-order valence-corrected chi connectivity index (χ3v) is 2.11. The van der Waals surface area contributed by atoms with Gasteiger partial charge in [-0.05, 0) is 17.0 Å². The zero-order valence-electron chi connectivity index (χ0n) is 9.54. The molecular formula is C12H14FO3-. The lowest BCUT2D eigenvalue weighted by molar-refractivity contribution is -0.307. The Morgan fingerprint density at radius 3 is 2.50 bits per heavy atom. The van der Waals surface area contributed by atoms with Crippen LogP contribution in [0.5, 0.6) is 5.75 Å². The second-order valence-corrected chi connectivity index (χ2v) is 4.55. The Kier molecular flexibility index (Phi) is 3.52. The molecule has 0 spiro atoms. The van der Waals surface area contributed by atoms with Gasteiger partial charge in [0.25, 0.3) is 0 Å². The largest absolute Gasteiger partial charge is 0.546 e. The van der Waals surface area contributed by atoms with Crippen LogP contribution in [0.25, 0.3) is 0 Å². The number of rotatable bonds is 3. The van der Waals surface area contributed by atoms with Crippen LogP contribution >= 0.6 is 0 Å². The number of carbonyl (C=O) groups excluding carboxylic acids is 1. The number of carboxylic acids is 1. The summed E-state index contributed by atoms with van der Waals surface area (Å²) in [5, 5.41) is 10.2. The SMILES string of the molecule is CC(C)(C)c1ccc(OCC(=O)[O-])cc1F. The molecule has 0 N–H and O–H groups in total. The van der Waals surface area contributed by atoms with Gasteiger partial charge in [-0.25, -0.2) is 4.39 Å².